The van der Waals surface area contributed by atoms with Gasteiger partial charge < -0.3 is 0 Å². The second-order valence-electron chi connectivity index (χ2n) is 11.1. The topological polar surface area (TPSA) is 12.0 Å². The molecule has 0 saturated heterocycles. The van der Waals surface area contributed by atoms with Crippen LogP contribution < -0.4 is 11.9 Å². The first-order chi connectivity index (χ1) is 19.0. The van der Waals surface area contributed by atoms with Crippen molar-refractivity contribution in [2.24, 2.45) is 0 Å². The number of para-hydroxylation sites is 1. The monoisotopic (exact) mass is 703 g/mol. The summed E-state index contributed by atoms with van der Waals surface area (Å²) in [7, 11) is 0. The normalized spacial score (nSPS) is 15.0. The van der Waals surface area contributed by atoms with Crippen LogP contribution in [0.2, 0.25) is 0 Å². The molecule has 1 aliphatic heterocycles. The standard InChI is InChI=1S/C24H25.C13H11N.Bi/c1-17(2)22-14-23(18(3)4)16-24(15-22)21-12-10-20(11-13-21)19-8-6-5-7-9-19;1-3-7-12(8-4-1)11-14-13-9-5-2-6-10-13;/h5-13,15-18H,1-4H3;1-9,11,14H;. The van der Waals surface area contributed by atoms with Crippen LogP contribution in [0.25, 0.3) is 22.3 Å². The zero-order valence-corrected chi connectivity index (χ0v) is 26.7. The average molecular weight is 704 g/mol. The summed E-state index contributed by atoms with van der Waals surface area (Å²) in [6, 6.07) is 45.1. The maximum atomic E-state index is 3.99. The summed E-state index contributed by atoms with van der Waals surface area (Å²) < 4.78 is 3.71. The van der Waals surface area contributed by atoms with Crippen molar-refractivity contribution in [3.05, 3.63) is 138 Å². The molecular weight excluding hydrogens is 667 g/mol. The van der Waals surface area contributed by atoms with Gasteiger partial charge in [-0.25, -0.2) is 0 Å². The van der Waals surface area contributed by atoms with Crippen molar-refractivity contribution >= 4 is 34.0 Å². The van der Waals surface area contributed by atoms with Crippen molar-refractivity contribution in [2.45, 2.75) is 43.3 Å². The van der Waals surface area contributed by atoms with Crippen LogP contribution in [-0.4, -0.2) is 21.8 Å². The first kappa shape index (κ1) is 26.0. The number of fused-ring (bicyclic) bond motifs is 1. The van der Waals surface area contributed by atoms with E-state index in [4.69, 9.17) is 0 Å². The van der Waals surface area contributed by atoms with Crippen LogP contribution in [0.3, 0.4) is 0 Å². The van der Waals surface area contributed by atoms with Gasteiger partial charge in [-0.1, -0.05) is 0 Å². The molecule has 1 heterocycles. The number of benzene rings is 5. The molecule has 39 heavy (non-hydrogen) atoms. The van der Waals surface area contributed by atoms with E-state index in [0.29, 0.717) is 15.6 Å². The SMILES string of the molecule is CC(C)c1cc(-c2ccc(-c3ccccc3)cc2)cc(C(C)C)[c]1[Bi]1[c]2ccccc2N[CH]1c1ccccc1. The zero-order chi connectivity index (χ0) is 26.9. The van der Waals surface area contributed by atoms with Crippen LogP contribution in [0.15, 0.2) is 121 Å². The molecule has 5 aromatic carbocycles. The van der Waals surface area contributed by atoms with Crippen molar-refractivity contribution in [1.82, 2.24) is 0 Å². The molecule has 0 radical (unpaired) electrons. The Bertz CT molecular complexity index is 1540. The molecule has 0 fully saturated rings. The Morgan fingerprint density at radius 2 is 1.03 bits per heavy atom. The summed E-state index contributed by atoms with van der Waals surface area (Å²) in [6.45, 7) is 9.51. The van der Waals surface area contributed by atoms with Crippen LogP contribution in [0, 0.1) is 0 Å². The molecule has 1 atom stereocenters. The maximum absolute atomic E-state index is 3.99. The fourth-order valence-electron chi connectivity index (χ4n) is 5.76. The zero-order valence-electron chi connectivity index (χ0n) is 23.2. The van der Waals surface area contributed by atoms with Crippen molar-refractivity contribution in [2.75, 3.05) is 5.32 Å². The van der Waals surface area contributed by atoms with Gasteiger partial charge in [-0.05, 0) is 0 Å². The Hall–Kier alpha value is -3.22. The van der Waals surface area contributed by atoms with E-state index in [2.05, 4.69) is 154 Å². The first-order valence-corrected chi connectivity index (χ1v) is 19.5. The second kappa shape index (κ2) is 11.1. The Morgan fingerprint density at radius 3 is 1.62 bits per heavy atom. The fourth-order valence-corrected chi connectivity index (χ4v) is 18.8. The van der Waals surface area contributed by atoms with Crippen molar-refractivity contribution in [3.63, 3.8) is 0 Å². The molecule has 1 N–H and O–H groups in total. The fraction of sp³-hybridized carbons (Fsp3) is 0.189. The molecular formula is C37H36BiN. The van der Waals surface area contributed by atoms with Gasteiger partial charge in [-0.2, -0.15) is 0 Å². The van der Waals surface area contributed by atoms with Crippen LogP contribution in [0.1, 0.15) is 60.0 Å². The van der Waals surface area contributed by atoms with E-state index in [0.717, 1.165) is 0 Å². The minimum atomic E-state index is -2.53. The van der Waals surface area contributed by atoms with E-state index >= 15 is 0 Å². The Labute approximate surface area is 241 Å². The van der Waals surface area contributed by atoms with E-state index in [1.807, 2.05) is 0 Å². The number of anilines is 1. The van der Waals surface area contributed by atoms with Crippen LogP contribution >= 0.6 is 0 Å². The van der Waals surface area contributed by atoms with Crippen molar-refractivity contribution in [1.29, 1.82) is 0 Å². The summed E-state index contributed by atoms with van der Waals surface area (Å²) in [5, 5.41) is 3.99. The van der Waals surface area contributed by atoms with Gasteiger partial charge in [0.2, 0.25) is 0 Å². The molecule has 0 aromatic heterocycles. The van der Waals surface area contributed by atoms with Gasteiger partial charge in [0.15, 0.2) is 0 Å². The van der Waals surface area contributed by atoms with E-state index < -0.39 is 21.8 Å². The van der Waals surface area contributed by atoms with E-state index in [9.17, 15) is 0 Å². The summed E-state index contributed by atoms with van der Waals surface area (Å²) in [5.41, 5.74) is 11.0. The van der Waals surface area contributed by atoms with Gasteiger partial charge in [-0.3, -0.25) is 0 Å². The summed E-state index contributed by atoms with van der Waals surface area (Å²) in [6.07, 6.45) is 0. The van der Waals surface area contributed by atoms with E-state index in [1.54, 1.807) is 17.7 Å². The molecule has 6 rings (SSSR count). The third kappa shape index (κ3) is 5.08. The minimum absolute atomic E-state index is 0.407. The second-order valence-corrected chi connectivity index (χ2v) is 19.6. The Morgan fingerprint density at radius 1 is 0.538 bits per heavy atom. The molecule has 0 aliphatic carbocycles. The van der Waals surface area contributed by atoms with Gasteiger partial charge in [0.05, 0.1) is 0 Å². The molecule has 0 saturated carbocycles. The summed E-state index contributed by atoms with van der Waals surface area (Å²) in [4.78, 5) is 0. The van der Waals surface area contributed by atoms with Crippen LogP contribution in [0.4, 0.5) is 5.69 Å². The van der Waals surface area contributed by atoms with E-state index in [-0.39, 0.29) is 0 Å². The average Bonchev–Trinajstić information content (AvgIpc) is 3.37. The molecule has 2 heteroatoms. The number of hydrogen-bond acceptors (Lipinski definition) is 1. The number of hydrogen-bond donors (Lipinski definition) is 1. The predicted octanol–water partition coefficient (Wildman–Crippen LogP) is 8.58. The molecule has 0 bridgehead atoms. The molecule has 0 spiro atoms. The quantitative estimate of drug-likeness (QED) is 0.175. The first-order valence-electron chi connectivity index (χ1n) is 14.0. The predicted molar refractivity (Wildman–Crippen MR) is 170 cm³/mol. The van der Waals surface area contributed by atoms with Crippen LogP contribution in [0.5, 0.6) is 0 Å². The third-order valence-electron chi connectivity index (χ3n) is 7.81. The van der Waals surface area contributed by atoms with Crippen molar-refractivity contribution in [3.8, 4) is 22.3 Å². The summed E-state index contributed by atoms with van der Waals surface area (Å²) >= 11 is -2.53. The third-order valence-corrected chi connectivity index (χ3v) is 18.9. The Balaban J connectivity index is 1.51. The van der Waals surface area contributed by atoms with Crippen molar-refractivity contribution < 1.29 is 0 Å². The summed E-state index contributed by atoms with van der Waals surface area (Å²) in [5.74, 6) is 0.917. The molecule has 1 nitrogen and oxygen atoms in total. The van der Waals surface area contributed by atoms with Gasteiger partial charge >= 0.3 is 243 Å². The molecule has 194 valence electrons. The van der Waals surface area contributed by atoms with Gasteiger partial charge in [0.1, 0.15) is 0 Å². The molecule has 1 aliphatic rings. The Kier molecular flexibility index (Phi) is 7.41. The molecule has 0 amide bonds. The van der Waals surface area contributed by atoms with Gasteiger partial charge in [0, 0.05) is 0 Å². The number of rotatable bonds is 6. The molecule has 5 aromatic rings. The van der Waals surface area contributed by atoms with Crippen LogP contribution in [-0.2, 0) is 0 Å². The van der Waals surface area contributed by atoms with Gasteiger partial charge in [0.25, 0.3) is 0 Å². The van der Waals surface area contributed by atoms with Gasteiger partial charge in [-0.15, -0.1) is 0 Å². The number of nitrogens with one attached hydrogen (secondary N) is 1. The molecule has 1 unspecified atom stereocenters. The van der Waals surface area contributed by atoms with E-state index in [1.165, 1.54) is 33.5 Å².